The van der Waals surface area contributed by atoms with E-state index >= 15 is 0 Å². The first-order chi connectivity index (χ1) is 5.71. The highest BCUT2D eigenvalue weighted by molar-refractivity contribution is 9.09. The van der Waals surface area contributed by atoms with Crippen molar-refractivity contribution in [2.24, 2.45) is 0 Å². The number of anilines is 1. The zero-order chi connectivity index (χ0) is 8.60. The van der Waals surface area contributed by atoms with Crippen molar-refractivity contribution in [3.8, 4) is 0 Å². The molecule has 1 unspecified atom stereocenters. The van der Waals surface area contributed by atoms with Gasteiger partial charge in [0, 0.05) is 5.38 Å². The molecule has 1 aliphatic rings. The summed E-state index contributed by atoms with van der Waals surface area (Å²) in [5.74, 6) is 0. The van der Waals surface area contributed by atoms with Crippen molar-refractivity contribution < 1.29 is 4.84 Å². The van der Waals surface area contributed by atoms with Gasteiger partial charge in [-0.25, -0.2) is 4.98 Å². The largest absolute Gasteiger partial charge is 0.415 e. The molecule has 3 N–H and O–H groups in total. The number of thiazole rings is 1. The number of halogens is 1. The summed E-state index contributed by atoms with van der Waals surface area (Å²) in [6.45, 7) is 0. The Bertz CT molecular complexity index is 326. The van der Waals surface area contributed by atoms with E-state index < -0.39 is 4.45 Å². The SMILES string of the molecule is Nc1nc(C2(Br)C=CON2)cs1. The van der Waals surface area contributed by atoms with Crippen LogP contribution in [0.3, 0.4) is 0 Å². The van der Waals surface area contributed by atoms with Gasteiger partial charge in [0.15, 0.2) is 9.58 Å². The highest BCUT2D eigenvalue weighted by atomic mass is 79.9. The maximum absolute atomic E-state index is 5.50. The normalized spacial score (nSPS) is 27.4. The smallest absolute Gasteiger partial charge is 0.180 e. The van der Waals surface area contributed by atoms with Gasteiger partial charge in [-0.15, -0.1) is 16.8 Å². The maximum Gasteiger partial charge on any atom is 0.180 e. The molecule has 0 radical (unpaired) electrons. The van der Waals surface area contributed by atoms with Crippen LogP contribution < -0.4 is 11.2 Å². The molecule has 0 aromatic carbocycles. The molecule has 0 spiro atoms. The van der Waals surface area contributed by atoms with Crippen LogP contribution in [0.5, 0.6) is 0 Å². The molecule has 1 aromatic heterocycles. The molecule has 4 nitrogen and oxygen atoms in total. The van der Waals surface area contributed by atoms with Crippen LogP contribution in [0.2, 0.25) is 0 Å². The average molecular weight is 248 g/mol. The van der Waals surface area contributed by atoms with Crippen LogP contribution in [0.1, 0.15) is 5.69 Å². The Hall–Kier alpha value is -0.590. The molecule has 1 aliphatic heterocycles. The van der Waals surface area contributed by atoms with Gasteiger partial charge in [0.25, 0.3) is 0 Å². The first-order valence-electron chi connectivity index (χ1n) is 3.22. The van der Waals surface area contributed by atoms with Gasteiger partial charge in [-0.05, 0) is 6.08 Å². The first kappa shape index (κ1) is 8.03. The molecule has 2 heterocycles. The Morgan fingerprint density at radius 3 is 3.08 bits per heavy atom. The highest BCUT2D eigenvalue weighted by Crippen LogP contribution is 2.33. The molecule has 6 heteroatoms. The van der Waals surface area contributed by atoms with Crippen molar-refractivity contribution in [1.82, 2.24) is 10.5 Å². The molecule has 0 fully saturated rings. The second-order valence-corrected chi connectivity index (χ2v) is 4.45. The Morgan fingerprint density at radius 2 is 2.58 bits per heavy atom. The summed E-state index contributed by atoms with van der Waals surface area (Å²) in [6, 6.07) is 0. The van der Waals surface area contributed by atoms with Crippen LogP contribution in [0, 0.1) is 0 Å². The van der Waals surface area contributed by atoms with Gasteiger partial charge < -0.3 is 10.6 Å². The number of aromatic nitrogens is 1. The fraction of sp³-hybridized carbons (Fsp3) is 0.167. The zero-order valence-electron chi connectivity index (χ0n) is 5.95. The number of hydroxylamine groups is 1. The molecule has 0 aliphatic carbocycles. The van der Waals surface area contributed by atoms with Crippen LogP contribution in [0.15, 0.2) is 17.7 Å². The van der Waals surface area contributed by atoms with Crippen LogP contribution in [0.25, 0.3) is 0 Å². The number of hydrogen-bond acceptors (Lipinski definition) is 5. The summed E-state index contributed by atoms with van der Waals surface area (Å²) in [6.07, 6.45) is 3.38. The molecule has 12 heavy (non-hydrogen) atoms. The van der Waals surface area contributed by atoms with E-state index in [0.29, 0.717) is 5.13 Å². The number of rotatable bonds is 1. The average Bonchev–Trinajstić information content (AvgIpc) is 2.59. The summed E-state index contributed by atoms with van der Waals surface area (Å²) < 4.78 is -0.513. The quantitative estimate of drug-likeness (QED) is 0.581. The van der Waals surface area contributed by atoms with Gasteiger partial charge in [-0.2, -0.15) is 0 Å². The monoisotopic (exact) mass is 247 g/mol. The van der Waals surface area contributed by atoms with Crippen molar-refractivity contribution in [2.75, 3.05) is 5.73 Å². The lowest BCUT2D eigenvalue weighted by molar-refractivity contribution is 0.132. The van der Waals surface area contributed by atoms with E-state index in [2.05, 4.69) is 26.4 Å². The van der Waals surface area contributed by atoms with Gasteiger partial charge in [0.1, 0.15) is 6.26 Å². The predicted octanol–water partition coefficient (Wildman–Crippen LogP) is 1.32. The molecule has 0 saturated heterocycles. The van der Waals surface area contributed by atoms with Gasteiger partial charge in [0.2, 0.25) is 0 Å². The summed E-state index contributed by atoms with van der Waals surface area (Å²) in [5, 5.41) is 2.42. The molecular formula is C6H6BrN3OS. The lowest BCUT2D eigenvalue weighted by Crippen LogP contribution is -2.29. The van der Waals surface area contributed by atoms with Gasteiger partial charge >= 0.3 is 0 Å². The summed E-state index contributed by atoms with van der Waals surface area (Å²) >= 11 is 4.83. The topological polar surface area (TPSA) is 60.2 Å². The summed E-state index contributed by atoms with van der Waals surface area (Å²) in [5.41, 5.74) is 9.06. The van der Waals surface area contributed by atoms with Crippen molar-refractivity contribution >= 4 is 32.4 Å². The van der Waals surface area contributed by atoms with Crippen LogP contribution in [-0.2, 0) is 9.29 Å². The van der Waals surface area contributed by atoms with Crippen molar-refractivity contribution in [3.05, 3.63) is 23.4 Å². The fourth-order valence-corrected chi connectivity index (χ4v) is 2.05. The van der Waals surface area contributed by atoms with E-state index in [1.165, 1.54) is 11.3 Å². The number of nitrogens with zero attached hydrogens (tertiary/aromatic N) is 1. The third kappa shape index (κ3) is 1.21. The Kier molecular flexibility index (Phi) is 1.82. The van der Waals surface area contributed by atoms with E-state index in [1.54, 1.807) is 6.26 Å². The van der Waals surface area contributed by atoms with Crippen LogP contribution >= 0.6 is 27.3 Å². The van der Waals surface area contributed by atoms with Gasteiger partial charge in [0.05, 0.1) is 5.69 Å². The third-order valence-corrected chi connectivity index (χ3v) is 2.97. The zero-order valence-corrected chi connectivity index (χ0v) is 8.35. The van der Waals surface area contributed by atoms with Crippen LogP contribution in [-0.4, -0.2) is 4.98 Å². The first-order valence-corrected chi connectivity index (χ1v) is 4.89. The number of nitrogen functional groups attached to an aromatic ring is 1. The number of nitrogens with two attached hydrogens (primary N) is 1. The summed E-state index contributed by atoms with van der Waals surface area (Å²) in [7, 11) is 0. The Labute approximate surface area is 81.5 Å². The maximum atomic E-state index is 5.50. The second-order valence-electron chi connectivity index (χ2n) is 2.31. The van der Waals surface area contributed by atoms with Crippen LogP contribution in [0.4, 0.5) is 5.13 Å². The fourth-order valence-electron chi connectivity index (χ4n) is 0.874. The van der Waals surface area contributed by atoms with Crippen molar-refractivity contribution in [1.29, 1.82) is 0 Å². The molecule has 0 saturated carbocycles. The minimum atomic E-state index is -0.513. The van der Waals surface area contributed by atoms with E-state index in [-0.39, 0.29) is 0 Å². The van der Waals surface area contributed by atoms with Crippen molar-refractivity contribution in [2.45, 2.75) is 4.45 Å². The van der Waals surface area contributed by atoms with Gasteiger partial charge in [-0.3, -0.25) is 0 Å². The standard InChI is InChI=1S/C6H6BrN3OS/c7-6(1-2-11-10-6)4-3-12-5(8)9-4/h1-3,10H,(H2,8,9). The Morgan fingerprint density at radius 1 is 1.75 bits per heavy atom. The highest BCUT2D eigenvalue weighted by Gasteiger charge is 2.32. The van der Waals surface area contributed by atoms with E-state index in [9.17, 15) is 0 Å². The lowest BCUT2D eigenvalue weighted by Gasteiger charge is -2.14. The molecule has 1 atom stereocenters. The second kappa shape index (κ2) is 2.72. The number of nitrogens with one attached hydrogen (secondary N) is 1. The molecule has 0 bridgehead atoms. The molecule has 0 amide bonds. The third-order valence-electron chi connectivity index (χ3n) is 1.47. The van der Waals surface area contributed by atoms with E-state index in [4.69, 9.17) is 10.6 Å². The molecule has 2 rings (SSSR count). The van der Waals surface area contributed by atoms with Crippen molar-refractivity contribution in [3.63, 3.8) is 0 Å². The van der Waals surface area contributed by atoms with E-state index in [0.717, 1.165) is 5.69 Å². The number of alkyl halides is 1. The molecule has 64 valence electrons. The summed E-state index contributed by atoms with van der Waals surface area (Å²) in [4.78, 5) is 8.99. The molecular weight excluding hydrogens is 242 g/mol. The number of hydrogen-bond donors (Lipinski definition) is 2. The minimum absolute atomic E-state index is 0.513. The minimum Gasteiger partial charge on any atom is -0.415 e. The lowest BCUT2D eigenvalue weighted by atomic mass is 10.2. The predicted molar refractivity (Wildman–Crippen MR) is 50.5 cm³/mol. The van der Waals surface area contributed by atoms with Gasteiger partial charge in [-0.1, -0.05) is 15.9 Å². The van der Waals surface area contributed by atoms with E-state index in [1.807, 2.05) is 11.5 Å². The Balaban J connectivity index is 2.35. The molecule has 1 aromatic rings.